The molecule has 0 atom stereocenters. The van der Waals surface area contributed by atoms with E-state index in [2.05, 4.69) is 0 Å². The van der Waals surface area contributed by atoms with Gasteiger partial charge in [-0.05, 0) is 31.2 Å². The zero-order valence-electron chi connectivity index (χ0n) is 10.5. The summed E-state index contributed by atoms with van der Waals surface area (Å²) in [6.07, 6.45) is -4.54. The van der Waals surface area contributed by atoms with Gasteiger partial charge in [0.2, 0.25) is 0 Å². The molecule has 0 saturated carbocycles. The molecule has 104 valence electrons. The van der Waals surface area contributed by atoms with Crippen molar-refractivity contribution in [1.29, 1.82) is 0 Å². The van der Waals surface area contributed by atoms with Gasteiger partial charge in [0.15, 0.2) is 5.78 Å². The average Bonchev–Trinajstić information content (AvgIpc) is 2.40. The highest BCUT2D eigenvalue weighted by molar-refractivity contribution is 6.09. The Bertz CT molecular complexity index is 659. The number of carbonyl (C=O) groups is 1. The van der Waals surface area contributed by atoms with E-state index >= 15 is 0 Å². The molecule has 1 nitrogen and oxygen atoms in total. The van der Waals surface area contributed by atoms with Crippen molar-refractivity contribution >= 4 is 5.78 Å². The SMILES string of the molecule is Cc1ccc(F)c(C(=O)c2cccc(C(F)(F)F)c2)c1. The molecular formula is C15H10F4O. The van der Waals surface area contributed by atoms with E-state index in [0.717, 1.165) is 24.3 Å². The number of carbonyl (C=O) groups excluding carboxylic acids is 1. The van der Waals surface area contributed by atoms with Crippen LogP contribution < -0.4 is 0 Å². The lowest BCUT2D eigenvalue weighted by Crippen LogP contribution is -2.09. The second kappa shape index (κ2) is 5.07. The second-order valence-corrected chi connectivity index (χ2v) is 4.39. The van der Waals surface area contributed by atoms with Crippen LogP contribution in [-0.4, -0.2) is 5.78 Å². The molecule has 0 fully saturated rings. The third-order valence-corrected chi connectivity index (χ3v) is 2.82. The fourth-order valence-corrected chi connectivity index (χ4v) is 1.81. The van der Waals surface area contributed by atoms with Crippen LogP contribution in [0.4, 0.5) is 17.6 Å². The standard InChI is InChI=1S/C15H10F4O/c1-9-5-6-13(16)12(7-9)14(20)10-3-2-4-11(8-10)15(17,18)19/h2-8H,1H3. The molecule has 0 spiro atoms. The van der Waals surface area contributed by atoms with Crippen LogP contribution in [0.15, 0.2) is 42.5 Å². The number of benzene rings is 2. The van der Waals surface area contributed by atoms with Crippen molar-refractivity contribution in [3.8, 4) is 0 Å². The first-order valence-corrected chi connectivity index (χ1v) is 5.77. The highest BCUT2D eigenvalue weighted by atomic mass is 19.4. The Labute approximate surface area is 112 Å². The van der Waals surface area contributed by atoms with E-state index in [0.29, 0.717) is 5.56 Å². The van der Waals surface area contributed by atoms with Crippen LogP contribution in [0.2, 0.25) is 0 Å². The molecule has 2 aromatic carbocycles. The van der Waals surface area contributed by atoms with Gasteiger partial charge in [-0.15, -0.1) is 0 Å². The number of rotatable bonds is 2. The molecule has 0 amide bonds. The fourth-order valence-electron chi connectivity index (χ4n) is 1.81. The fraction of sp³-hybridized carbons (Fsp3) is 0.133. The van der Waals surface area contributed by atoms with Gasteiger partial charge in [0.05, 0.1) is 11.1 Å². The van der Waals surface area contributed by atoms with Crippen molar-refractivity contribution in [2.75, 3.05) is 0 Å². The smallest absolute Gasteiger partial charge is 0.288 e. The first-order valence-electron chi connectivity index (χ1n) is 5.77. The van der Waals surface area contributed by atoms with Gasteiger partial charge in [-0.1, -0.05) is 23.8 Å². The van der Waals surface area contributed by atoms with Gasteiger partial charge in [-0.2, -0.15) is 13.2 Å². The van der Waals surface area contributed by atoms with Gasteiger partial charge in [0.25, 0.3) is 0 Å². The van der Waals surface area contributed by atoms with Gasteiger partial charge in [0.1, 0.15) is 5.82 Å². The number of aryl methyl sites for hydroxylation is 1. The summed E-state index contributed by atoms with van der Waals surface area (Å²) < 4.78 is 51.4. The van der Waals surface area contributed by atoms with Crippen molar-refractivity contribution < 1.29 is 22.4 Å². The third-order valence-electron chi connectivity index (χ3n) is 2.82. The molecule has 0 aromatic heterocycles. The maximum Gasteiger partial charge on any atom is 0.416 e. The summed E-state index contributed by atoms with van der Waals surface area (Å²) in [7, 11) is 0. The molecule has 0 unspecified atom stereocenters. The van der Waals surface area contributed by atoms with E-state index in [1.807, 2.05) is 0 Å². The van der Waals surface area contributed by atoms with Crippen LogP contribution in [0.5, 0.6) is 0 Å². The summed E-state index contributed by atoms with van der Waals surface area (Å²) in [5.74, 6) is -1.52. The summed E-state index contributed by atoms with van der Waals surface area (Å²) in [5, 5.41) is 0. The van der Waals surface area contributed by atoms with Gasteiger partial charge in [-0.25, -0.2) is 4.39 Å². The van der Waals surface area contributed by atoms with Gasteiger partial charge < -0.3 is 0 Å². The highest BCUT2D eigenvalue weighted by Crippen LogP contribution is 2.30. The van der Waals surface area contributed by atoms with Gasteiger partial charge in [0, 0.05) is 5.56 Å². The first kappa shape index (κ1) is 14.2. The van der Waals surface area contributed by atoms with E-state index < -0.39 is 23.3 Å². The largest absolute Gasteiger partial charge is 0.416 e. The molecule has 2 rings (SSSR count). The summed E-state index contributed by atoms with van der Waals surface area (Å²) in [6.45, 7) is 1.67. The average molecular weight is 282 g/mol. The molecule has 2 aromatic rings. The number of hydrogen-bond donors (Lipinski definition) is 0. The Balaban J connectivity index is 2.46. The van der Waals surface area contributed by atoms with Crippen LogP contribution in [0.1, 0.15) is 27.0 Å². The molecule has 0 bridgehead atoms. The lowest BCUT2D eigenvalue weighted by Gasteiger charge is -2.09. The van der Waals surface area contributed by atoms with Crippen LogP contribution >= 0.6 is 0 Å². The maximum atomic E-state index is 13.6. The van der Waals surface area contributed by atoms with Crippen LogP contribution in [-0.2, 0) is 6.18 Å². The summed E-state index contributed by atoms with van der Waals surface area (Å²) in [6, 6.07) is 7.88. The first-order chi connectivity index (χ1) is 9.29. The summed E-state index contributed by atoms with van der Waals surface area (Å²) in [4.78, 5) is 12.1. The predicted octanol–water partition coefficient (Wildman–Crippen LogP) is 4.38. The predicted molar refractivity (Wildman–Crippen MR) is 66.0 cm³/mol. The van der Waals surface area contributed by atoms with Crippen LogP contribution in [0.25, 0.3) is 0 Å². The lowest BCUT2D eigenvalue weighted by atomic mass is 9.99. The molecule has 0 aliphatic carbocycles. The normalized spacial score (nSPS) is 11.4. The second-order valence-electron chi connectivity index (χ2n) is 4.39. The van der Waals surface area contributed by atoms with Crippen molar-refractivity contribution in [2.24, 2.45) is 0 Å². The minimum atomic E-state index is -4.54. The Morgan fingerprint density at radius 2 is 1.75 bits per heavy atom. The van der Waals surface area contributed by atoms with Crippen molar-refractivity contribution in [3.05, 3.63) is 70.5 Å². The molecule has 0 radical (unpaired) electrons. The molecular weight excluding hydrogens is 272 g/mol. The Kier molecular flexibility index (Phi) is 3.61. The molecule has 0 aliphatic rings. The minimum absolute atomic E-state index is 0.190. The van der Waals surface area contributed by atoms with Gasteiger partial charge in [-0.3, -0.25) is 4.79 Å². The maximum absolute atomic E-state index is 13.6. The van der Waals surface area contributed by atoms with E-state index in [1.165, 1.54) is 18.2 Å². The molecule has 0 N–H and O–H groups in total. The highest BCUT2D eigenvalue weighted by Gasteiger charge is 2.31. The molecule has 0 saturated heterocycles. The van der Waals surface area contributed by atoms with Crippen molar-refractivity contribution in [3.63, 3.8) is 0 Å². The Hall–Kier alpha value is -2.17. The third kappa shape index (κ3) is 2.87. The topological polar surface area (TPSA) is 17.1 Å². The number of halogens is 4. The zero-order valence-corrected chi connectivity index (χ0v) is 10.5. The van der Waals surface area contributed by atoms with Crippen LogP contribution in [0.3, 0.4) is 0 Å². The van der Waals surface area contributed by atoms with Crippen molar-refractivity contribution in [2.45, 2.75) is 13.1 Å². The van der Waals surface area contributed by atoms with Crippen molar-refractivity contribution in [1.82, 2.24) is 0 Å². The minimum Gasteiger partial charge on any atom is -0.288 e. The van der Waals surface area contributed by atoms with Crippen LogP contribution in [0, 0.1) is 12.7 Å². The zero-order chi connectivity index (χ0) is 14.9. The number of hydrogen-bond acceptors (Lipinski definition) is 1. The molecule has 5 heteroatoms. The Morgan fingerprint density at radius 1 is 1.05 bits per heavy atom. The van der Waals surface area contributed by atoms with Gasteiger partial charge >= 0.3 is 6.18 Å². The van der Waals surface area contributed by atoms with E-state index in [1.54, 1.807) is 6.92 Å². The van der Waals surface area contributed by atoms with E-state index in [9.17, 15) is 22.4 Å². The molecule has 0 aliphatic heterocycles. The Morgan fingerprint density at radius 3 is 2.40 bits per heavy atom. The summed E-state index contributed by atoms with van der Waals surface area (Å²) in [5.41, 5.74) is -0.702. The quantitative estimate of drug-likeness (QED) is 0.590. The number of alkyl halides is 3. The van der Waals surface area contributed by atoms with E-state index in [-0.39, 0.29) is 11.1 Å². The monoisotopic (exact) mass is 282 g/mol. The van der Waals surface area contributed by atoms with E-state index in [4.69, 9.17) is 0 Å². The lowest BCUT2D eigenvalue weighted by molar-refractivity contribution is -0.137. The molecule has 0 heterocycles. The number of ketones is 1. The summed E-state index contributed by atoms with van der Waals surface area (Å²) >= 11 is 0. The molecule has 20 heavy (non-hydrogen) atoms.